The molecule has 1 aromatic rings. The van der Waals surface area contributed by atoms with Crippen LogP contribution in [0.1, 0.15) is 33.6 Å². The van der Waals surface area contributed by atoms with Crippen molar-refractivity contribution in [1.82, 2.24) is 0 Å². The van der Waals surface area contributed by atoms with Crippen LogP contribution in [0.2, 0.25) is 0 Å². The summed E-state index contributed by atoms with van der Waals surface area (Å²) >= 11 is 0. The van der Waals surface area contributed by atoms with Crippen molar-refractivity contribution < 1.29 is 0 Å². The Morgan fingerprint density at radius 1 is 1.33 bits per heavy atom. The predicted molar refractivity (Wildman–Crippen MR) is 66.1 cm³/mol. The van der Waals surface area contributed by atoms with E-state index in [0.29, 0.717) is 6.04 Å². The minimum atomic E-state index is 0.570. The van der Waals surface area contributed by atoms with E-state index in [1.807, 2.05) is 12.1 Å². The van der Waals surface area contributed by atoms with Gasteiger partial charge in [-0.2, -0.15) is 0 Å². The van der Waals surface area contributed by atoms with Gasteiger partial charge in [-0.25, -0.2) is 0 Å². The molecule has 0 saturated carbocycles. The lowest BCUT2D eigenvalue weighted by atomic mass is 9.97. The first-order valence-corrected chi connectivity index (χ1v) is 5.77. The van der Waals surface area contributed by atoms with Gasteiger partial charge in [0.15, 0.2) is 0 Å². The molecule has 1 aromatic carbocycles. The Bertz CT molecular complexity index is 268. The van der Waals surface area contributed by atoms with E-state index in [0.717, 1.165) is 5.92 Å². The molecule has 0 bridgehead atoms. The van der Waals surface area contributed by atoms with Gasteiger partial charge < -0.3 is 4.90 Å². The van der Waals surface area contributed by atoms with Gasteiger partial charge in [-0.1, -0.05) is 32.4 Å². The topological polar surface area (TPSA) is 3.24 Å². The second-order valence-corrected chi connectivity index (χ2v) is 4.31. The summed E-state index contributed by atoms with van der Waals surface area (Å²) in [7, 11) is 2.15. The maximum absolute atomic E-state index is 3.00. The van der Waals surface area contributed by atoms with E-state index in [-0.39, 0.29) is 0 Å². The Balaban J connectivity index is 2.64. The molecule has 15 heavy (non-hydrogen) atoms. The molecule has 0 amide bonds. The molecule has 0 saturated heterocycles. The molecule has 0 aliphatic heterocycles. The summed E-state index contributed by atoms with van der Waals surface area (Å²) in [5, 5.41) is 0. The zero-order valence-corrected chi connectivity index (χ0v) is 10.2. The van der Waals surface area contributed by atoms with Crippen molar-refractivity contribution >= 4 is 5.69 Å². The SMILES string of the molecule is CCCC(C)C(C)N(C)c1cc#ccc1. The van der Waals surface area contributed by atoms with Gasteiger partial charge in [-0.05, 0) is 31.4 Å². The Hall–Kier alpha value is -1.16. The van der Waals surface area contributed by atoms with E-state index in [9.17, 15) is 0 Å². The van der Waals surface area contributed by atoms with E-state index < -0.39 is 0 Å². The van der Waals surface area contributed by atoms with Crippen molar-refractivity contribution in [1.29, 1.82) is 0 Å². The molecule has 0 spiro atoms. The van der Waals surface area contributed by atoms with Gasteiger partial charge >= 0.3 is 0 Å². The summed E-state index contributed by atoms with van der Waals surface area (Å²) in [6.07, 6.45) is 2.54. The molecule has 82 valence electrons. The van der Waals surface area contributed by atoms with Crippen LogP contribution in [0.4, 0.5) is 5.69 Å². The van der Waals surface area contributed by atoms with Gasteiger partial charge in [-0.15, -0.1) is 0 Å². The van der Waals surface area contributed by atoms with Gasteiger partial charge in [0, 0.05) is 24.8 Å². The van der Waals surface area contributed by atoms with Gasteiger partial charge in [0.05, 0.1) is 0 Å². The average Bonchev–Trinajstić information content (AvgIpc) is 2.28. The fourth-order valence-electron chi connectivity index (χ4n) is 1.87. The molecule has 0 aromatic heterocycles. The Labute approximate surface area is 94.1 Å². The molecule has 0 fully saturated rings. The summed E-state index contributed by atoms with van der Waals surface area (Å²) in [6, 6.07) is 12.5. The highest BCUT2D eigenvalue weighted by atomic mass is 15.1. The van der Waals surface area contributed by atoms with Crippen molar-refractivity contribution in [2.45, 2.75) is 39.7 Å². The molecule has 2 atom stereocenters. The van der Waals surface area contributed by atoms with E-state index in [2.05, 4.69) is 50.9 Å². The first kappa shape index (κ1) is 11.9. The van der Waals surface area contributed by atoms with Crippen LogP contribution in [-0.4, -0.2) is 13.1 Å². The minimum Gasteiger partial charge on any atom is -0.371 e. The van der Waals surface area contributed by atoms with E-state index >= 15 is 0 Å². The first-order chi connectivity index (χ1) is 7.16. The molecule has 1 heteroatoms. The quantitative estimate of drug-likeness (QED) is 0.707. The third-order valence-corrected chi connectivity index (χ3v) is 3.23. The van der Waals surface area contributed by atoms with Gasteiger partial charge in [0.1, 0.15) is 0 Å². The summed E-state index contributed by atoms with van der Waals surface area (Å²) in [4.78, 5) is 2.32. The van der Waals surface area contributed by atoms with E-state index in [1.165, 1.54) is 18.5 Å². The lowest BCUT2D eigenvalue weighted by molar-refractivity contribution is 0.431. The zero-order chi connectivity index (χ0) is 11.3. The van der Waals surface area contributed by atoms with Crippen LogP contribution in [0.15, 0.2) is 18.2 Å². The Morgan fingerprint density at radius 2 is 2.07 bits per heavy atom. The van der Waals surface area contributed by atoms with E-state index in [4.69, 9.17) is 0 Å². The summed E-state index contributed by atoms with van der Waals surface area (Å²) in [6.45, 7) is 6.86. The molecule has 1 rings (SSSR count). The summed E-state index contributed by atoms with van der Waals surface area (Å²) in [5.41, 5.74) is 1.23. The van der Waals surface area contributed by atoms with Crippen LogP contribution in [0.5, 0.6) is 0 Å². The third kappa shape index (κ3) is 3.16. The number of hydrogen-bond donors (Lipinski definition) is 0. The van der Waals surface area contributed by atoms with Crippen LogP contribution >= 0.6 is 0 Å². The van der Waals surface area contributed by atoms with Crippen LogP contribution < -0.4 is 4.90 Å². The summed E-state index contributed by atoms with van der Waals surface area (Å²) in [5.74, 6) is 0.726. The van der Waals surface area contributed by atoms with Crippen LogP contribution in [0.3, 0.4) is 0 Å². The highest BCUT2D eigenvalue weighted by Gasteiger charge is 2.16. The molecule has 1 nitrogen and oxygen atoms in total. The van der Waals surface area contributed by atoms with Crippen molar-refractivity contribution in [2.75, 3.05) is 11.9 Å². The normalized spacial score (nSPS) is 14.1. The number of anilines is 1. The van der Waals surface area contributed by atoms with Crippen LogP contribution in [0.25, 0.3) is 0 Å². The molecule has 0 aliphatic rings. The average molecular weight is 203 g/mol. The molecule has 0 aliphatic carbocycles. The van der Waals surface area contributed by atoms with Crippen molar-refractivity contribution in [3.05, 3.63) is 30.3 Å². The van der Waals surface area contributed by atoms with Gasteiger partial charge in [-0.3, -0.25) is 0 Å². The molecule has 2 unspecified atom stereocenters. The fraction of sp³-hybridized carbons (Fsp3) is 0.571. The summed E-state index contributed by atoms with van der Waals surface area (Å²) < 4.78 is 0. The van der Waals surface area contributed by atoms with Crippen molar-refractivity contribution in [3.8, 4) is 0 Å². The number of rotatable bonds is 5. The maximum atomic E-state index is 3.00. The Kier molecular flexibility index (Phi) is 4.49. The Morgan fingerprint density at radius 3 is 2.60 bits per heavy atom. The second kappa shape index (κ2) is 5.66. The minimum absolute atomic E-state index is 0.570. The van der Waals surface area contributed by atoms with Crippen molar-refractivity contribution in [3.63, 3.8) is 0 Å². The van der Waals surface area contributed by atoms with E-state index in [1.54, 1.807) is 0 Å². The lowest BCUT2D eigenvalue weighted by Crippen LogP contribution is -2.34. The molecular weight excluding hydrogens is 182 g/mol. The monoisotopic (exact) mass is 203 g/mol. The van der Waals surface area contributed by atoms with Crippen LogP contribution in [0, 0.1) is 18.1 Å². The van der Waals surface area contributed by atoms with Gasteiger partial charge in [0.2, 0.25) is 0 Å². The lowest BCUT2D eigenvalue weighted by Gasteiger charge is -2.31. The highest BCUT2D eigenvalue weighted by molar-refractivity contribution is 5.44. The molecule has 0 heterocycles. The van der Waals surface area contributed by atoms with Crippen LogP contribution in [-0.2, 0) is 0 Å². The molecular formula is C14H21N. The van der Waals surface area contributed by atoms with Gasteiger partial charge in [0.25, 0.3) is 0 Å². The predicted octanol–water partition coefficient (Wildman–Crippen LogP) is 3.55. The molecule has 0 N–H and O–H groups in total. The highest BCUT2D eigenvalue weighted by Crippen LogP contribution is 2.20. The zero-order valence-electron chi connectivity index (χ0n) is 10.2. The third-order valence-electron chi connectivity index (χ3n) is 3.23. The van der Waals surface area contributed by atoms with Crippen molar-refractivity contribution in [2.24, 2.45) is 5.92 Å². The smallest absolute Gasteiger partial charge is 0.0457 e. The number of hydrogen-bond acceptors (Lipinski definition) is 1. The standard InChI is InChI=1S/C14H21N/c1-5-9-12(2)13(3)15(4)14-10-7-6-8-11-14/h7,10-13H,5,9H2,1-4H3. The fourth-order valence-corrected chi connectivity index (χ4v) is 1.87. The first-order valence-electron chi connectivity index (χ1n) is 5.77. The largest absolute Gasteiger partial charge is 0.371 e. The second-order valence-electron chi connectivity index (χ2n) is 4.31. The maximum Gasteiger partial charge on any atom is 0.0457 e. The molecule has 0 radical (unpaired) electrons. The number of nitrogens with zero attached hydrogens (tertiary/aromatic N) is 1.